The molecule has 40 heavy (non-hydrogen) atoms. The molecule has 1 atom stereocenters. The molecule has 0 aliphatic rings. The van der Waals surface area contributed by atoms with Gasteiger partial charge in [-0.05, 0) is 42.5 Å². The van der Waals surface area contributed by atoms with Crippen LogP contribution in [0.15, 0.2) is 77.7 Å². The third kappa shape index (κ3) is 6.23. The van der Waals surface area contributed by atoms with Gasteiger partial charge < -0.3 is 20.5 Å². The van der Waals surface area contributed by atoms with Gasteiger partial charge in [-0.1, -0.05) is 47.5 Å². The van der Waals surface area contributed by atoms with Gasteiger partial charge in [0.1, 0.15) is 34.2 Å². The van der Waals surface area contributed by atoms with Gasteiger partial charge in [-0.25, -0.2) is 22.1 Å². The van der Waals surface area contributed by atoms with E-state index in [4.69, 9.17) is 38.4 Å². The molecule has 0 amide bonds. The minimum Gasteiger partial charge on any atom is -0.497 e. The Hall–Kier alpha value is -3.64. The maximum atomic E-state index is 15.5. The zero-order chi connectivity index (χ0) is 29.0. The Labute approximate surface area is 240 Å². The first-order valence-electron chi connectivity index (χ1n) is 11.7. The molecule has 0 radical (unpaired) electrons. The average molecular weight is 609 g/mol. The number of nitrogens with two attached hydrogens (primary N) is 1. The molecule has 0 aliphatic carbocycles. The van der Waals surface area contributed by atoms with Gasteiger partial charge in [-0.3, -0.25) is 0 Å². The van der Waals surface area contributed by atoms with E-state index in [1.807, 2.05) is 0 Å². The van der Waals surface area contributed by atoms with Crippen LogP contribution in [0.3, 0.4) is 0 Å². The number of methoxy groups -OCH3 is 2. The second-order valence-corrected chi connectivity index (χ2v) is 11.1. The summed E-state index contributed by atoms with van der Waals surface area (Å²) in [5, 5.41) is 3.10. The van der Waals surface area contributed by atoms with Gasteiger partial charge in [-0.15, -0.1) is 0 Å². The van der Waals surface area contributed by atoms with E-state index in [0.29, 0.717) is 27.6 Å². The van der Waals surface area contributed by atoms with E-state index < -0.39 is 32.8 Å². The molecule has 0 unspecified atom stereocenters. The molecule has 8 nitrogen and oxygen atoms in total. The number of halogens is 4. The molecule has 3 aromatic carbocycles. The van der Waals surface area contributed by atoms with Gasteiger partial charge >= 0.3 is 0 Å². The molecule has 0 saturated heterocycles. The fraction of sp³-hybridized carbons (Fsp3) is 0.148. The Morgan fingerprint density at radius 1 is 0.975 bits per heavy atom. The van der Waals surface area contributed by atoms with Gasteiger partial charge in [-0.2, -0.15) is 4.39 Å². The number of hydrogen-bond donors (Lipinski definition) is 2. The Bertz CT molecular complexity index is 1640. The molecule has 13 heteroatoms. The van der Waals surface area contributed by atoms with Crippen LogP contribution in [0, 0.1) is 11.8 Å². The van der Waals surface area contributed by atoms with Crippen molar-refractivity contribution in [2.45, 2.75) is 17.6 Å². The highest BCUT2D eigenvalue weighted by atomic mass is 35.5. The lowest BCUT2D eigenvalue weighted by Crippen LogP contribution is -2.32. The number of pyridine rings is 1. The first-order valence-corrected chi connectivity index (χ1v) is 13.9. The maximum Gasteiger partial charge on any atom is 0.268 e. The average Bonchev–Trinajstić information content (AvgIpc) is 2.93. The predicted molar refractivity (Wildman–Crippen MR) is 151 cm³/mol. The third-order valence-electron chi connectivity index (χ3n) is 5.91. The van der Waals surface area contributed by atoms with Crippen LogP contribution in [0.5, 0.6) is 11.5 Å². The number of benzene rings is 3. The van der Waals surface area contributed by atoms with E-state index in [-0.39, 0.29) is 23.1 Å². The SMILES string of the molecule is COc1ccc(CN(c2cccc(F)n2)S(=O)(=O)c2cc(Cl)c(N[C@@H](N)c3ccccc3Cl)cc2F)c(OC)c1. The van der Waals surface area contributed by atoms with E-state index in [1.54, 1.807) is 42.5 Å². The molecule has 0 bridgehead atoms. The number of rotatable bonds is 10. The molecule has 4 rings (SSSR count). The highest BCUT2D eigenvalue weighted by Gasteiger charge is 2.31. The second kappa shape index (κ2) is 12.3. The highest BCUT2D eigenvalue weighted by Crippen LogP contribution is 2.35. The van der Waals surface area contributed by atoms with Crippen molar-refractivity contribution >= 4 is 44.7 Å². The maximum absolute atomic E-state index is 15.5. The summed E-state index contributed by atoms with van der Waals surface area (Å²) in [6.07, 6.45) is -0.872. The summed E-state index contributed by atoms with van der Waals surface area (Å²) >= 11 is 12.6. The van der Waals surface area contributed by atoms with Gasteiger partial charge in [0, 0.05) is 22.2 Å². The van der Waals surface area contributed by atoms with Crippen molar-refractivity contribution in [2.24, 2.45) is 5.73 Å². The number of sulfonamides is 1. The minimum absolute atomic E-state index is 0.0396. The highest BCUT2D eigenvalue weighted by molar-refractivity contribution is 7.92. The Balaban J connectivity index is 1.75. The van der Waals surface area contributed by atoms with E-state index in [0.717, 1.165) is 22.5 Å². The number of aromatic nitrogens is 1. The zero-order valence-corrected chi connectivity index (χ0v) is 23.6. The quantitative estimate of drug-likeness (QED) is 0.164. The lowest BCUT2D eigenvalue weighted by atomic mass is 10.1. The molecule has 0 fully saturated rings. The lowest BCUT2D eigenvalue weighted by Gasteiger charge is -2.25. The van der Waals surface area contributed by atoms with Crippen molar-refractivity contribution < 1.29 is 26.7 Å². The van der Waals surface area contributed by atoms with Crippen molar-refractivity contribution in [3.05, 3.63) is 106 Å². The van der Waals surface area contributed by atoms with Crippen molar-refractivity contribution in [3.63, 3.8) is 0 Å². The van der Waals surface area contributed by atoms with Crippen molar-refractivity contribution in [1.82, 2.24) is 4.98 Å². The first-order chi connectivity index (χ1) is 19.0. The van der Waals surface area contributed by atoms with Crippen molar-refractivity contribution in [1.29, 1.82) is 0 Å². The third-order valence-corrected chi connectivity index (χ3v) is 8.33. The number of anilines is 2. The summed E-state index contributed by atoms with van der Waals surface area (Å²) in [6.45, 7) is -0.375. The molecule has 1 aromatic heterocycles. The molecular formula is C27H24Cl2F2N4O4S. The minimum atomic E-state index is -4.69. The number of nitrogens with one attached hydrogen (secondary N) is 1. The number of ether oxygens (including phenoxy) is 2. The molecule has 3 N–H and O–H groups in total. The van der Waals surface area contributed by atoms with E-state index in [9.17, 15) is 12.8 Å². The normalized spacial score (nSPS) is 12.1. The van der Waals surface area contributed by atoms with Crippen LogP contribution in [-0.4, -0.2) is 27.6 Å². The molecule has 0 aliphatic heterocycles. The summed E-state index contributed by atoms with van der Waals surface area (Å²) < 4.78 is 68.7. The van der Waals surface area contributed by atoms with Crippen LogP contribution in [0.25, 0.3) is 0 Å². The summed E-state index contributed by atoms with van der Waals surface area (Å²) in [4.78, 5) is 2.96. The lowest BCUT2D eigenvalue weighted by molar-refractivity contribution is 0.391. The Morgan fingerprint density at radius 3 is 2.40 bits per heavy atom. The van der Waals surface area contributed by atoms with E-state index in [1.165, 1.54) is 26.4 Å². The summed E-state index contributed by atoms with van der Waals surface area (Å²) in [7, 11) is -1.82. The van der Waals surface area contributed by atoms with Crippen LogP contribution in [0.2, 0.25) is 10.0 Å². The van der Waals surface area contributed by atoms with Crippen molar-refractivity contribution in [3.8, 4) is 11.5 Å². The fourth-order valence-electron chi connectivity index (χ4n) is 3.89. The molecule has 210 valence electrons. The van der Waals surface area contributed by atoms with Crippen LogP contribution in [0.1, 0.15) is 17.3 Å². The molecule has 1 heterocycles. The van der Waals surface area contributed by atoms with Gasteiger partial charge in [0.15, 0.2) is 0 Å². The molecule has 0 spiro atoms. The summed E-state index contributed by atoms with van der Waals surface area (Å²) in [5.41, 5.74) is 7.12. The Morgan fingerprint density at radius 2 is 1.73 bits per heavy atom. The predicted octanol–water partition coefficient (Wildman–Crippen LogP) is 6.15. The number of hydrogen-bond acceptors (Lipinski definition) is 7. The standard InChI is InChI=1S/C27H24Cl2F2N4O4S/c1-38-17-11-10-16(23(12-17)39-2)15-35(26-9-5-8-25(31)34-26)40(36,37)24-13-20(29)22(14-21(24)30)33-27(32)18-6-3-4-7-19(18)28/h3-14,27,33H,15,32H2,1-2H3/t27-/m1/s1. The van der Waals surface area contributed by atoms with Crippen LogP contribution in [-0.2, 0) is 16.6 Å². The summed E-state index contributed by atoms with van der Waals surface area (Å²) in [6, 6.07) is 17.0. The fourth-order valence-corrected chi connectivity index (χ4v) is 5.89. The zero-order valence-electron chi connectivity index (χ0n) is 21.2. The van der Waals surface area contributed by atoms with Crippen LogP contribution < -0.4 is 24.8 Å². The smallest absolute Gasteiger partial charge is 0.268 e. The van der Waals surface area contributed by atoms with Crippen molar-refractivity contribution in [2.75, 3.05) is 23.8 Å². The monoisotopic (exact) mass is 608 g/mol. The van der Waals surface area contributed by atoms with Gasteiger partial charge in [0.25, 0.3) is 10.0 Å². The molecule has 4 aromatic rings. The van der Waals surface area contributed by atoms with Gasteiger partial charge in [0.2, 0.25) is 5.95 Å². The van der Waals surface area contributed by atoms with Crippen LogP contribution >= 0.6 is 23.2 Å². The van der Waals surface area contributed by atoms with Gasteiger partial charge in [0.05, 0.1) is 31.5 Å². The topological polar surface area (TPSA) is 107 Å². The Kier molecular flexibility index (Phi) is 8.99. The largest absolute Gasteiger partial charge is 0.497 e. The molecule has 0 saturated carbocycles. The summed E-state index contributed by atoms with van der Waals surface area (Å²) in [5.74, 6) is -1.57. The number of nitrogens with zero attached hydrogens (tertiary/aromatic N) is 2. The van der Waals surface area contributed by atoms with E-state index in [2.05, 4.69) is 10.3 Å². The first kappa shape index (κ1) is 29.3. The van der Waals surface area contributed by atoms with E-state index >= 15 is 4.39 Å². The molecular weight excluding hydrogens is 585 g/mol. The second-order valence-electron chi connectivity index (χ2n) is 8.41. The van der Waals surface area contributed by atoms with Crippen LogP contribution in [0.4, 0.5) is 20.3 Å².